The molecule has 0 aromatic heterocycles. The van der Waals surface area contributed by atoms with E-state index >= 15 is 0 Å². The molecule has 0 amide bonds. The fourth-order valence-corrected chi connectivity index (χ4v) is 2.39. The monoisotopic (exact) mass is 388 g/mol. The molecule has 8 nitrogen and oxygen atoms in total. The van der Waals surface area contributed by atoms with E-state index in [9.17, 15) is 24.9 Å². The lowest BCUT2D eigenvalue weighted by Crippen LogP contribution is -2.21. The number of carbonyl (C=O) groups is 2. The summed E-state index contributed by atoms with van der Waals surface area (Å²) >= 11 is 0. The van der Waals surface area contributed by atoms with Gasteiger partial charge in [-0.3, -0.25) is 4.79 Å². The molecule has 28 heavy (non-hydrogen) atoms. The highest BCUT2D eigenvalue weighted by Crippen LogP contribution is 2.29. The summed E-state index contributed by atoms with van der Waals surface area (Å²) in [7, 11) is 2.70. The molecule has 0 aliphatic heterocycles. The van der Waals surface area contributed by atoms with Gasteiger partial charge in [-0.15, -0.1) is 0 Å². The zero-order chi connectivity index (χ0) is 20.7. The summed E-state index contributed by atoms with van der Waals surface area (Å²) in [5.41, 5.74) is 0.901. The van der Waals surface area contributed by atoms with Crippen LogP contribution in [0.3, 0.4) is 0 Å². The van der Waals surface area contributed by atoms with E-state index in [0.29, 0.717) is 11.1 Å². The highest BCUT2D eigenvalue weighted by molar-refractivity contribution is 5.91. The minimum atomic E-state index is -1.07. The van der Waals surface area contributed by atoms with Crippen molar-refractivity contribution in [3.63, 3.8) is 0 Å². The highest BCUT2D eigenvalue weighted by Gasteiger charge is 2.22. The standard InChI is InChI=1S/C20H20O8/c1-26-18-9-12(3-6-15(18)22)4-8-19(25)28-11-17(24)20(27-2)13-5-7-14(21)16(23)10-13/h3-10,20-23H,11H2,1-2H3/t20-/m0/s1. The molecule has 0 saturated heterocycles. The van der Waals surface area contributed by atoms with Gasteiger partial charge < -0.3 is 29.5 Å². The molecule has 148 valence electrons. The van der Waals surface area contributed by atoms with Crippen LogP contribution < -0.4 is 4.74 Å². The number of esters is 1. The first-order valence-corrected chi connectivity index (χ1v) is 8.15. The summed E-state index contributed by atoms with van der Waals surface area (Å²) in [6.07, 6.45) is 1.51. The first-order chi connectivity index (χ1) is 13.3. The van der Waals surface area contributed by atoms with E-state index in [1.807, 2.05) is 0 Å². The number of benzene rings is 2. The van der Waals surface area contributed by atoms with Gasteiger partial charge in [-0.05, 0) is 41.5 Å². The van der Waals surface area contributed by atoms with Crippen LogP contribution in [0.2, 0.25) is 0 Å². The van der Waals surface area contributed by atoms with Crippen LogP contribution in [0.5, 0.6) is 23.0 Å². The van der Waals surface area contributed by atoms with Crippen LogP contribution in [0.15, 0.2) is 42.5 Å². The maximum Gasteiger partial charge on any atom is 0.331 e. The Morgan fingerprint density at radius 3 is 2.36 bits per heavy atom. The summed E-state index contributed by atoms with van der Waals surface area (Å²) in [5, 5.41) is 28.4. The van der Waals surface area contributed by atoms with Crippen LogP contribution in [0.4, 0.5) is 0 Å². The second-order valence-electron chi connectivity index (χ2n) is 5.70. The molecule has 0 unspecified atom stereocenters. The van der Waals surface area contributed by atoms with E-state index in [2.05, 4.69) is 0 Å². The third-order valence-electron chi connectivity index (χ3n) is 3.80. The Hall–Kier alpha value is -3.52. The van der Waals surface area contributed by atoms with Gasteiger partial charge in [0.05, 0.1) is 7.11 Å². The summed E-state index contributed by atoms with van der Waals surface area (Å²) in [6.45, 7) is -0.539. The van der Waals surface area contributed by atoms with Gasteiger partial charge in [-0.25, -0.2) is 4.79 Å². The lowest BCUT2D eigenvalue weighted by molar-refractivity contribution is -0.146. The normalized spacial score (nSPS) is 11.9. The number of ketones is 1. The van der Waals surface area contributed by atoms with Crippen molar-refractivity contribution in [3.8, 4) is 23.0 Å². The van der Waals surface area contributed by atoms with E-state index < -0.39 is 30.2 Å². The minimum absolute atomic E-state index is 0.0290. The molecule has 0 aliphatic carbocycles. The molecule has 8 heteroatoms. The smallest absolute Gasteiger partial charge is 0.331 e. The third kappa shape index (κ3) is 5.24. The van der Waals surface area contributed by atoms with Gasteiger partial charge in [0, 0.05) is 13.2 Å². The van der Waals surface area contributed by atoms with Gasteiger partial charge in [0.25, 0.3) is 0 Å². The van der Waals surface area contributed by atoms with Crippen molar-refractivity contribution in [1.82, 2.24) is 0 Å². The minimum Gasteiger partial charge on any atom is -0.504 e. The lowest BCUT2D eigenvalue weighted by Gasteiger charge is -2.15. The predicted molar refractivity (Wildman–Crippen MR) is 99.2 cm³/mol. The fraction of sp³-hybridized carbons (Fsp3) is 0.200. The van der Waals surface area contributed by atoms with Crippen LogP contribution in [0.1, 0.15) is 17.2 Å². The molecular formula is C20H20O8. The summed E-state index contributed by atoms with van der Waals surface area (Å²) in [5.74, 6) is -1.78. The summed E-state index contributed by atoms with van der Waals surface area (Å²) in [4.78, 5) is 24.1. The second kappa shape index (κ2) is 9.43. The predicted octanol–water partition coefficient (Wildman–Crippen LogP) is 2.33. The third-order valence-corrected chi connectivity index (χ3v) is 3.80. The van der Waals surface area contributed by atoms with E-state index in [4.69, 9.17) is 14.2 Å². The molecule has 0 bridgehead atoms. The Morgan fingerprint density at radius 2 is 1.71 bits per heavy atom. The Morgan fingerprint density at radius 1 is 1.00 bits per heavy atom. The van der Waals surface area contributed by atoms with Gasteiger partial charge >= 0.3 is 5.97 Å². The number of Topliss-reactive ketones (excluding diaryl/α,β-unsaturated/α-hetero) is 1. The number of phenolic OH excluding ortho intramolecular Hbond substituents is 3. The zero-order valence-electron chi connectivity index (χ0n) is 15.3. The molecule has 1 atom stereocenters. The number of carbonyl (C=O) groups excluding carboxylic acids is 2. The van der Waals surface area contributed by atoms with Gasteiger partial charge in [-0.1, -0.05) is 12.1 Å². The number of aromatic hydroxyl groups is 3. The summed E-state index contributed by atoms with van der Waals surface area (Å²) < 4.78 is 15.0. The van der Waals surface area contributed by atoms with Crippen LogP contribution in [-0.4, -0.2) is 47.9 Å². The Balaban J connectivity index is 1.97. The molecule has 0 radical (unpaired) electrons. The molecule has 0 fully saturated rings. The van der Waals surface area contributed by atoms with Crippen LogP contribution >= 0.6 is 0 Å². The molecule has 0 heterocycles. The number of methoxy groups -OCH3 is 2. The van der Waals surface area contributed by atoms with Gasteiger partial charge in [-0.2, -0.15) is 0 Å². The van der Waals surface area contributed by atoms with Crippen LogP contribution in [-0.2, 0) is 19.1 Å². The molecule has 2 aromatic carbocycles. The second-order valence-corrected chi connectivity index (χ2v) is 5.70. The van der Waals surface area contributed by atoms with Crippen LogP contribution in [0, 0.1) is 0 Å². The average molecular weight is 388 g/mol. The Bertz CT molecular complexity index is 888. The van der Waals surface area contributed by atoms with Gasteiger partial charge in [0.1, 0.15) is 6.10 Å². The van der Waals surface area contributed by atoms with E-state index in [0.717, 1.165) is 6.08 Å². The van der Waals surface area contributed by atoms with Crippen molar-refractivity contribution < 1.29 is 39.1 Å². The molecule has 0 aliphatic rings. The van der Waals surface area contributed by atoms with Crippen molar-refractivity contribution >= 4 is 17.8 Å². The molecule has 3 N–H and O–H groups in total. The first-order valence-electron chi connectivity index (χ1n) is 8.15. The number of hydrogen-bond acceptors (Lipinski definition) is 8. The van der Waals surface area contributed by atoms with E-state index in [-0.39, 0.29) is 17.2 Å². The van der Waals surface area contributed by atoms with Crippen molar-refractivity contribution in [2.75, 3.05) is 20.8 Å². The average Bonchev–Trinajstić information content (AvgIpc) is 2.69. The molecule has 2 rings (SSSR count). The number of hydrogen-bond donors (Lipinski definition) is 3. The van der Waals surface area contributed by atoms with Crippen molar-refractivity contribution in [3.05, 3.63) is 53.6 Å². The van der Waals surface area contributed by atoms with E-state index in [1.165, 1.54) is 50.6 Å². The fourth-order valence-electron chi connectivity index (χ4n) is 2.39. The molecule has 2 aromatic rings. The molecular weight excluding hydrogens is 368 g/mol. The lowest BCUT2D eigenvalue weighted by atomic mass is 10.1. The van der Waals surface area contributed by atoms with Crippen molar-refractivity contribution in [2.24, 2.45) is 0 Å². The van der Waals surface area contributed by atoms with Crippen molar-refractivity contribution in [2.45, 2.75) is 6.10 Å². The van der Waals surface area contributed by atoms with E-state index in [1.54, 1.807) is 6.07 Å². The van der Waals surface area contributed by atoms with Crippen molar-refractivity contribution in [1.29, 1.82) is 0 Å². The first kappa shape index (κ1) is 20.8. The maximum atomic E-state index is 12.3. The SMILES string of the molecule is COc1cc(C=CC(=O)OCC(=O)[C@@H](OC)c2ccc(O)c(O)c2)ccc1O. The topological polar surface area (TPSA) is 123 Å². The number of rotatable bonds is 8. The van der Waals surface area contributed by atoms with Gasteiger partial charge in [0.15, 0.2) is 29.6 Å². The Kier molecular flexibility index (Phi) is 7.00. The highest BCUT2D eigenvalue weighted by atomic mass is 16.5. The maximum absolute atomic E-state index is 12.3. The number of phenols is 3. The number of ether oxygens (including phenoxy) is 3. The zero-order valence-corrected chi connectivity index (χ0v) is 15.3. The quantitative estimate of drug-likeness (QED) is 0.358. The largest absolute Gasteiger partial charge is 0.504 e. The van der Waals surface area contributed by atoms with Gasteiger partial charge in [0.2, 0.25) is 5.78 Å². The molecule has 0 spiro atoms. The Labute approximate surface area is 161 Å². The van der Waals surface area contributed by atoms with Crippen LogP contribution in [0.25, 0.3) is 6.08 Å². The molecule has 0 saturated carbocycles. The summed E-state index contributed by atoms with van der Waals surface area (Å²) in [6, 6.07) is 8.37.